The van der Waals surface area contributed by atoms with Crippen molar-refractivity contribution in [2.24, 2.45) is 0 Å². The molecule has 0 saturated heterocycles. The van der Waals surface area contributed by atoms with E-state index in [1.54, 1.807) is 0 Å². The fourth-order valence-corrected chi connectivity index (χ4v) is 2.93. The van der Waals surface area contributed by atoms with Crippen molar-refractivity contribution in [1.82, 2.24) is 0 Å². The molecule has 3 rings (SSSR count). The van der Waals surface area contributed by atoms with Gasteiger partial charge in [-0.25, -0.2) is 4.21 Å². The molecule has 3 aromatic rings. The van der Waals surface area contributed by atoms with E-state index in [4.69, 9.17) is 0 Å². The predicted octanol–water partition coefficient (Wildman–Crippen LogP) is 4.49. The predicted molar refractivity (Wildman–Crippen MR) is 88.4 cm³/mol. The van der Waals surface area contributed by atoms with E-state index in [0.717, 1.165) is 21.7 Å². The van der Waals surface area contributed by atoms with Crippen molar-refractivity contribution >= 4 is 16.7 Å². The van der Waals surface area contributed by atoms with Crippen LogP contribution in [0.2, 0.25) is 0 Å². The Balaban J connectivity index is 1.77. The lowest BCUT2D eigenvalue weighted by Gasteiger charge is -2.07. The summed E-state index contributed by atoms with van der Waals surface area (Å²) in [6, 6.07) is 27.5. The fourth-order valence-electron chi connectivity index (χ4n) is 2.07. The van der Waals surface area contributed by atoms with E-state index in [1.165, 1.54) is 0 Å². The van der Waals surface area contributed by atoms with Gasteiger partial charge >= 0.3 is 0 Å². The third kappa shape index (κ3) is 3.38. The summed E-state index contributed by atoms with van der Waals surface area (Å²) in [6.07, 6.45) is 0. The Labute approximate surface area is 127 Å². The molecule has 0 fully saturated rings. The Morgan fingerprint density at radius 1 is 0.619 bits per heavy atom. The molecular formula is C18H15NOS. The van der Waals surface area contributed by atoms with Crippen molar-refractivity contribution < 1.29 is 4.21 Å². The van der Waals surface area contributed by atoms with E-state index in [2.05, 4.69) is 16.9 Å². The second-order valence-corrected chi connectivity index (χ2v) is 5.84. The van der Waals surface area contributed by atoms with Crippen LogP contribution < -0.4 is 4.72 Å². The largest absolute Gasteiger partial charge is 0.301 e. The average Bonchev–Trinajstić information content (AvgIpc) is 2.57. The Kier molecular flexibility index (Phi) is 4.12. The zero-order valence-electron chi connectivity index (χ0n) is 11.4. The van der Waals surface area contributed by atoms with E-state index >= 15 is 0 Å². The van der Waals surface area contributed by atoms with Gasteiger partial charge in [-0.3, -0.25) is 0 Å². The first-order valence-corrected chi connectivity index (χ1v) is 7.87. The second kappa shape index (κ2) is 6.37. The minimum atomic E-state index is -1.25. The zero-order valence-corrected chi connectivity index (χ0v) is 12.2. The third-order valence-electron chi connectivity index (χ3n) is 3.16. The molecule has 21 heavy (non-hydrogen) atoms. The van der Waals surface area contributed by atoms with Crippen LogP contribution in [0.25, 0.3) is 11.1 Å². The Bertz CT molecular complexity index is 724. The molecule has 2 nitrogen and oxygen atoms in total. The summed E-state index contributed by atoms with van der Waals surface area (Å²) in [7, 11) is -1.25. The van der Waals surface area contributed by atoms with Crippen molar-refractivity contribution in [2.45, 2.75) is 4.90 Å². The highest BCUT2D eigenvalue weighted by Gasteiger charge is 2.04. The highest BCUT2D eigenvalue weighted by molar-refractivity contribution is 7.86. The molecule has 0 heterocycles. The minimum absolute atomic E-state index is 0.763. The van der Waals surface area contributed by atoms with Gasteiger partial charge < -0.3 is 4.72 Å². The number of hydrogen-bond donors (Lipinski definition) is 1. The summed E-state index contributed by atoms with van der Waals surface area (Å²) in [5.74, 6) is 0. The minimum Gasteiger partial charge on any atom is -0.301 e. The average molecular weight is 293 g/mol. The standard InChI is InChI=1S/C18H15NOS/c20-21(19-17-9-5-2-6-10-17)18-13-11-16(12-14-18)15-7-3-1-4-8-15/h1-14,19H/t21-/m0/s1. The van der Waals surface area contributed by atoms with E-state index < -0.39 is 11.0 Å². The Morgan fingerprint density at radius 2 is 1.14 bits per heavy atom. The summed E-state index contributed by atoms with van der Waals surface area (Å²) in [4.78, 5) is 0.763. The molecule has 0 saturated carbocycles. The summed E-state index contributed by atoms with van der Waals surface area (Å²) in [5, 5.41) is 0. The van der Waals surface area contributed by atoms with E-state index in [1.807, 2.05) is 72.8 Å². The van der Waals surface area contributed by atoms with Gasteiger partial charge in [0.1, 0.15) is 11.0 Å². The first kappa shape index (κ1) is 13.6. The van der Waals surface area contributed by atoms with Gasteiger partial charge in [-0.05, 0) is 35.4 Å². The molecule has 0 bridgehead atoms. The van der Waals surface area contributed by atoms with E-state index in [-0.39, 0.29) is 0 Å². The van der Waals surface area contributed by atoms with Crippen LogP contribution in [0.15, 0.2) is 89.8 Å². The van der Waals surface area contributed by atoms with Crippen LogP contribution in [0.4, 0.5) is 5.69 Å². The monoisotopic (exact) mass is 293 g/mol. The molecule has 0 aliphatic carbocycles. The van der Waals surface area contributed by atoms with Crippen molar-refractivity contribution in [3.05, 3.63) is 84.9 Å². The number of benzene rings is 3. The van der Waals surface area contributed by atoms with Crippen molar-refractivity contribution in [3.63, 3.8) is 0 Å². The lowest BCUT2D eigenvalue weighted by Crippen LogP contribution is -2.04. The summed E-state index contributed by atoms with van der Waals surface area (Å²) in [5.41, 5.74) is 3.13. The highest BCUT2D eigenvalue weighted by atomic mass is 32.2. The molecule has 0 amide bonds. The summed E-state index contributed by atoms with van der Waals surface area (Å²) >= 11 is 0. The maximum absolute atomic E-state index is 12.3. The van der Waals surface area contributed by atoms with Gasteiger partial charge in [-0.2, -0.15) is 0 Å². The quantitative estimate of drug-likeness (QED) is 0.754. The van der Waals surface area contributed by atoms with E-state index in [9.17, 15) is 4.21 Å². The lowest BCUT2D eigenvalue weighted by molar-refractivity contribution is 0.686. The van der Waals surface area contributed by atoms with Crippen molar-refractivity contribution in [1.29, 1.82) is 0 Å². The maximum Gasteiger partial charge on any atom is 0.150 e. The zero-order chi connectivity index (χ0) is 14.5. The molecule has 1 N–H and O–H groups in total. The smallest absolute Gasteiger partial charge is 0.150 e. The Hall–Kier alpha value is -2.39. The number of rotatable bonds is 4. The number of anilines is 1. The van der Waals surface area contributed by atoms with Crippen LogP contribution in [0.1, 0.15) is 0 Å². The van der Waals surface area contributed by atoms with Gasteiger partial charge in [0.05, 0.1) is 4.90 Å². The van der Waals surface area contributed by atoms with Crippen LogP contribution in [-0.2, 0) is 11.0 Å². The molecular weight excluding hydrogens is 278 g/mol. The van der Waals surface area contributed by atoms with Crippen LogP contribution in [0, 0.1) is 0 Å². The topological polar surface area (TPSA) is 29.1 Å². The van der Waals surface area contributed by atoms with Gasteiger partial charge in [-0.1, -0.05) is 60.7 Å². The molecule has 0 aliphatic heterocycles. The fraction of sp³-hybridized carbons (Fsp3) is 0. The highest BCUT2D eigenvalue weighted by Crippen LogP contribution is 2.21. The number of para-hydroxylation sites is 1. The number of hydrogen-bond acceptors (Lipinski definition) is 1. The first-order valence-electron chi connectivity index (χ1n) is 6.72. The van der Waals surface area contributed by atoms with Crippen molar-refractivity contribution in [3.8, 4) is 11.1 Å². The third-order valence-corrected chi connectivity index (χ3v) is 4.28. The lowest BCUT2D eigenvalue weighted by atomic mass is 10.1. The summed E-state index contributed by atoms with van der Waals surface area (Å²) < 4.78 is 15.3. The molecule has 3 aromatic carbocycles. The van der Waals surface area contributed by atoms with Gasteiger partial charge in [0, 0.05) is 5.69 Å². The second-order valence-electron chi connectivity index (χ2n) is 4.63. The molecule has 3 heteroatoms. The van der Waals surface area contributed by atoms with Crippen LogP contribution in [0.3, 0.4) is 0 Å². The molecule has 0 radical (unpaired) electrons. The van der Waals surface area contributed by atoms with Gasteiger partial charge in [0.2, 0.25) is 0 Å². The SMILES string of the molecule is O=[S@](Nc1ccccc1)c1ccc(-c2ccccc2)cc1. The van der Waals surface area contributed by atoms with Crippen LogP contribution in [-0.4, -0.2) is 4.21 Å². The molecule has 0 unspecified atom stereocenters. The first-order chi connectivity index (χ1) is 10.3. The molecule has 104 valence electrons. The molecule has 0 aromatic heterocycles. The van der Waals surface area contributed by atoms with Crippen molar-refractivity contribution in [2.75, 3.05) is 4.72 Å². The number of nitrogens with one attached hydrogen (secondary N) is 1. The van der Waals surface area contributed by atoms with Gasteiger partial charge in [-0.15, -0.1) is 0 Å². The maximum atomic E-state index is 12.3. The van der Waals surface area contributed by atoms with Gasteiger partial charge in [0.25, 0.3) is 0 Å². The van der Waals surface area contributed by atoms with E-state index in [0.29, 0.717) is 0 Å². The molecule has 0 aliphatic rings. The summed E-state index contributed by atoms with van der Waals surface area (Å²) in [6.45, 7) is 0. The molecule has 0 spiro atoms. The Morgan fingerprint density at radius 3 is 1.76 bits per heavy atom. The van der Waals surface area contributed by atoms with Crippen LogP contribution in [0.5, 0.6) is 0 Å². The van der Waals surface area contributed by atoms with Gasteiger partial charge in [0.15, 0.2) is 0 Å². The normalized spacial score (nSPS) is 11.8. The van der Waals surface area contributed by atoms with Crippen LogP contribution >= 0.6 is 0 Å². The molecule has 1 atom stereocenters.